The lowest BCUT2D eigenvalue weighted by molar-refractivity contribution is 0.596. The molecule has 0 aliphatic carbocycles. The Balaban J connectivity index is 1.77. The van der Waals surface area contributed by atoms with Crippen molar-refractivity contribution in [2.75, 3.05) is 0 Å². The summed E-state index contributed by atoms with van der Waals surface area (Å²) in [4.78, 5) is 5.60. The molecule has 1 nitrogen and oxygen atoms in total. The summed E-state index contributed by atoms with van der Waals surface area (Å²) in [6, 6.07) is 17.9. The summed E-state index contributed by atoms with van der Waals surface area (Å²) < 4.78 is 4.01. The molecule has 0 saturated heterocycles. The van der Waals surface area contributed by atoms with Crippen molar-refractivity contribution < 1.29 is 0 Å². The lowest BCUT2D eigenvalue weighted by atomic mass is 9.82. The largest absolute Gasteiger partial charge is 0.263 e. The third kappa shape index (κ3) is 2.46. The summed E-state index contributed by atoms with van der Waals surface area (Å²) in [6.07, 6.45) is 3.86. The van der Waals surface area contributed by atoms with Crippen molar-refractivity contribution in [3.8, 4) is 10.4 Å². The van der Waals surface area contributed by atoms with Gasteiger partial charge in [0.15, 0.2) is 0 Å². The van der Waals surface area contributed by atoms with Gasteiger partial charge in [-0.3, -0.25) is 4.98 Å². The summed E-state index contributed by atoms with van der Waals surface area (Å²) in [5.41, 5.74) is 2.85. The predicted molar refractivity (Wildman–Crippen MR) is 117 cm³/mol. The van der Waals surface area contributed by atoms with Crippen molar-refractivity contribution in [3.05, 3.63) is 66.5 Å². The highest BCUT2D eigenvalue weighted by Crippen LogP contribution is 2.44. The van der Waals surface area contributed by atoms with E-state index in [9.17, 15) is 0 Å². The molecule has 0 bridgehead atoms. The number of rotatable bonds is 1. The number of pyridine rings is 1. The zero-order valence-electron chi connectivity index (χ0n) is 15.0. The molecule has 0 N–H and O–H groups in total. The number of aromatic nitrogens is 1. The number of hydrogen-bond donors (Lipinski definition) is 0. The average molecular weight is 374 g/mol. The number of fused-ring (bicyclic) bond motifs is 4. The first-order valence-electron chi connectivity index (χ1n) is 8.80. The van der Waals surface area contributed by atoms with Crippen molar-refractivity contribution in [1.82, 2.24) is 4.98 Å². The molecule has 0 radical (unpaired) electrons. The molecular formula is C23H19NS2. The second kappa shape index (κ2) is 5.63. The number of thiophene rings is 2. The van der Waals surface area contributed by atoms with E-state index in [1.54, 1.807) is 0 Å². The zero-order valence-corrected chi connectivity index (χ0v) is 16.7. The first-order valence-corrected chi connectivity index (χ1v) is 10.4. The van der Waals surface area contributed by atoms with E-state index in [1.165, 1.54) is 46.3 Å². The van der Waals surface area contributed by atoms with E-state index in [0.717, 1.165) is 0 Å². The van der Waals surface area contributed by atoms with E-state index in [4.69, 9.17) is 0 Å². The van der Waals surface area contributed by atoms with E-state index < -0.39 is 0 Å². The van der Waals surface area contributed by atoms with Gasteiger partial charge in [-0.05, 0) is 51.6 Å². The number of nitrogens with zero attached hydrogens (tertiary/aromatic N) is 1. The van der Waals surface area contributed by atoms with Crippen LogP contribution >= 0.6 is 22.7 Å². The summed E-state index contributed by atoms with van der Waals surface area (Å²) in [5, 5.41) is 4.01. The van der Waals surface area contributed by atoms with Gasteiger partial charge >= 0.3 is 0 Å². The van der Waals surface area contributed by atoms with Gasteiger partial charge in [0, 0.05) is 27.4 Å². The maximum absolute atomic E-state index is 4.26. The van der Waals surface area contributed by atoms with Gasteiger partial charge < -0.3 is 0 Å². The molecule has 3 aromatic heterocycles. The molecule has 0 aliphatic heterocycles. The molecule has 0 atom stereocenters. The minimum Gasteiger partial charge on any atom is -0.263 e. The highest BCUT2D eigenvalue weighted by molar-refractivity contribution is 7.33. The molecule has 128 valence electrons. The topological polar surface area (TPSA) is 12.9 Å². The molecule has 0 unspecified atom stereocenters. The Morgan fingerprint density at radius 3 is 2.54 bits per heavy atom. The molecule has 3 heteroatoms. The van der Waals surface area contributed by atoms with Crippen molar-refractivity contribution in [3.63, 3.8) is 0 Å². The molecule has 0 fully saturated rings. The van der Waals surface area contributed by atoms with Gasteiger partial charge in [-0.15, -0.1) is 22.7 Å². The van der Waals surface area contributed by atoms with Crippen LogP contribution in [-0.4, -0.2) is 4.98 Å². The first kappa shape index (κ1) is 16.0. The van der Waals surface area contributed by atoms with Gasteiger partial charge in [0.1, 0.15) is 0 Å². The summed E-state index contributed by atoms with van der Waals surface area (Å²) >= 11 is 3.74. The van der Waals surface area contributed by atoms with Crippen LogP contribution in [0.5, 0.6) is 0 Å². The highest BCUT2D eigenvalue weighted by atomic mass is 32.1. The Labute approximate surface area is 160 Å². The van der Waals surface area contributed by atoms with Crippen LogP contribution in [0.25, 0.3) is 40.7 Å². The molecule has 0 spiro atoms. The fourth-order valence-corrected chi connectivity index (χ4v) is 6.10. The van der Waals surface area contributed by atoms with Crippen molar-refractivity contribution in [1.29, 1.82) is 0 Å². The van der Waals surface area contributed by atoms with Crippen molar-refractivity contribution in [2.45, 2.75) is 26.2 Å². The second-order valence-electron chi connectivity index (χ2n) is 7.77. The van der Waals surface area contributed by atoms with Crippen LogP contribution < -0.4 is 0 Å². The maximum atomic E-state index is 4.26. The normalized spacial score (nSPS) is 12.4. The monoisotopic (exact) mass is 373 g/mol. The zero-order chi connectivity index (χ0) is 17.9. The van der Waals surface area contributed by atoms with Crippen LogP contribution in [-0.2, 0) is 5.41 Å². The number of hydrogen-bond acceptors (Lipinski definition) is 3. The Kier molecular flexibility index (Phi) is 3.46. The fraction of sp³-hybridized carbons (Fsp3) is 0.174. The molecular weight excluding hydrogens is 354 g/mol. The van der Waals surface area contributed by atoms with Gasteiger partial charge in [0.05, 0.1) is 9.40 Å². The first-order chi connectivity index (χ1) is 12.5. The minimum absolute atomic E-state index is 0.114. The number of benzene rings is 2. The molecule has 0 aliphatic rings. The lowest BCUT2D eigenvalue weighted by Crippen LogP contribution is -2.11. The van der Waals surface area contributed by atoms with Crippen molar-refractivity contribution >= 4 is 52.9 Å². The lowest BCUT2D eigenvalue weighted by Gasteiger charge is -2.22. The van der Waals surface area contributed by atoms with Gasteiger partial charge in [0.25, 0.3) is 0 Å². The van der Waals surface area contributed by atoms with Crippen molar-refractivity contribution in [2.24, 2.45) is 0 Å². The molecule has 26 heavy (non-hydrogen) atoms. The van der Waals surface area contributed by atoms with Gasteiger partial charge in [0.2, 0.25) is 0 Å². The summed E-state index contributed by atoms with van der Waals surface area (Å²) in [6.45, 7) is 6.89. The van der Waals surface area contributed by atoms with E-state index in [1.807, 2.05) is 35.1 Å². The molecule has 0 saturated carbocycles. The maximum Gasteiger partial charge on any atom is 0.0547 e. The average Bonchev–Trinajstić information content (AvgIpc) is 3.18. The van der Waals surface area contributed by atoms with E-state index in [-0.39, 0.29) is 5.41 Å². The Morgan fingerprint density at radius 2 is 1.69 bits per heavy atom. The quantitative estimate of drug-likeness (QED) is 0.294. The Morgan fingerprint density at radius 1 is 0.846 bits per heavy atom. The highest BCUT2D eigenvalue weighted by Gasteiger charge is 2.19. The molecule has 5 aromatic rings. The van der Waals surface area contributed by atoms with Crippen LogP contribution in [0.15, 0.2) is 60.9 Å². The van der Waals surface area contributed by atoms with Gasteiger partial charge in [-0.2, -0.15) is 0 Å². The van der Waals surface area contributed by atoms with Crippen LogP contribution in [0.1, 0.15) is 26.3 Å². The van der Waals surface area contributed by atoms with Crippen LogP contribution in [0.3, 0.4) is 0 Å². The van der Waals surface area contributed by atoms with E-state index in [2.05, 4.69) is 74.3 Å². The van der Waals surface area contributed by atoms with E-state index in [0.29, 0.717) is 0 Å². The Hall–Kier alpha value is -2.23. The van der Waals surface area contributed by atoms with Crippen LogP contribution in [0.2, 0.25) is 0 Å². The fourth-order valence-electron chi connectivity index (χ4n) is 3.62. The van der Waals surface area contributed by atoms with E-state index >= 15 is 0 Å². The van der Waals surface area contributed by atoms with Crippen LogP contribution in [0.4, 0.5) is 0 Å². The second-order valence-corrected chi connectivity index (χ2v) is 9.91. The van der Waals surface area contributed by atoms with Crippen LogP contribution in [0, 0.1) is 0 Å². The molecule has 3 heterocycles. The molecule has 0 amide bonds. The van der Waals surface area contributed by atoms with Gasteiger partial charge in [-0.1, -0.05) is 45.0 Å². The molecule has 2 aromatic carbocycles. The Bertz CT molecular complexity index is 1270. The summed E-state index contributed by atoms with van der Waals surface area (Å²) in [7, 11) is 0. The predicted octanol–water partition coefficient (Wildman–Crippen LogP) is 7.63. The third-order valence-electron chi connectivity index (χ3n) is 4.90. The smallest absolute Gasteiger partial charge is 0.0547 e. The SMILES string of the molecule is CC(C)(C)c1cc(-c2cc3sc4cnccc4c3s2)cc2ccccc12. The summed E-state index contributed by atoms with van der Waals surface area (Å²) in [5.74, 6) is 0. The molecule has 5 rings (SSSR count). The standard InChI is InChI=1S/C23H19NS2/c1-23(2,3)18-11-15(10-14-6-4-5-7-16(14)18)19-12-20-22(26-19)17-8-9-24-13-21(17)25-20/h4-13H,1-3H3. The third-order valence-corrected chi connectivity index (χ3v) is 7.34. The minimum atomic E-state index is 0.114. The van der Waals surface area contributed by atoms with Gasteiger partial charge in [-0.25, -0.2) is 0 Å².